The van der Waals surface area contributed by atoms with Crippen molar-refractivity contribution in [3.05, 3.63) is 55.5 Å². The van der Waals surface area contributed by atoms with Crippen LogP contribution in [0.5, 0.6) is 0 Å². The summed E-state index contributed by atoms with van der Waals surface area (Å²) >= 11 is 6.61. The van der Waals surface area contributed by atoms with Crippen LogP contribution < -0.4 is 10.9 Å². The van der Waals surface area contributed by atoms with Crippen molar-refractivity contribution < 1.29 is 0 Å². The lowest BCUT2D eigenvalue weighted by Gasteiger charge is -2.08. The second kappa shape index (κ2) is 5.67. The third kappa shape index (κ3) is 3.00. The zero-order chi connectivity index (χ0) is 13.1. The van der Waals surface area contributed by atoms with Gasteiger partial charge in [-0.1, -0.05) is 6.07 Å². The molecule has 0 unspecified atom stereocenters. The van der Waals surface area contributed by atoms with Gasteiger partial charge in [0.25, 0.3) is 5.56 Å². The molecule has 0 radical (unpaired) electrons. The lowest BCUT2D eigenvalue weighted by molar-refractivity contribution is 0.733. The Kier molecular flexibility index (Phi) is 4.19. The number of rotatable bonds is 3. The molecule has 0 fully saturated rings. The highest BCUT2D eigenvalue weighted by atomic mass is 79.9. The predicted octanol–water partition coefficient (Wildman–Crippen LogP) is 2.86. The van der Waals surface area contributed by atoms with Crippen molar-refractivity contribution in [1.82, 2.24) is 9.55 Å². The lowest BCUT2D eigenvalue weighted by Crippen LogP contribution is -2.21. The molecule has 0 saturated heterocycles. The smallest absolute Gasteiger partial charge is 0.265 e. The molecule has 6 heteroatoms. The van der Waals surface area contributed by atoms with E-state index in [-0.39, 0.29) is 5.56 Å². The van der Waals surface area contributed by atoms with Gasteiger partial charge in [0.1, 0.15) is 5.82 Å². The topological polar surface area (TPSA) is 46.9 Å². The van der Waals surface area contributed by atoms with Gasteiger partial charge in [-0.05, 0) is 50.1 Å². The maximum Gasteiger partial charge on any atom is 0.265 e. The quantitative estimate of drug-likeness (QED) is 0.901. The molecule has 0 saturated carbocycles. The van der Waals surface area contributed by atoms with Gasteiger partial charge in [0.05, 0.1) is 16.7 Å². The van der Waals surface area contributed by atoms with Crippen molar-refractivity contribution in [2.45, 2.75) is 6.54 Å². The van der Waals surface area contributed by atoms with Gasteiger partial charge in [0.15, 0.2) is 0 Å². The second-order valence-corrected chi connectivity index (χ2v) is 5.47. The van der Waals surface area contributed by atoms with E-state index in [9.17, 15) is 4.79 Å². The molecule has 0 spiro atoms. The van der Waals surface area contributed by atoms with E-state index >= 15 is 0 Å². The summed E-state index contributed by atoms with van der Waals surface area (Å²) in [4.78, 5) is 16.3. The number of nitrogens with zero attached hydrogens (tertiary/aromatic N) is 2. The van der Waals surface area contributed by atoms with E-state index in [1.54, 1.807) is 16.8 Å². The van der Waals surface area contributed by atoms with E-state index in [1.807, 2.05) is 25.2 Å². The molecule has 2 rings (SSSR count). The average Bonchev–Trinajstić information content (AvgIpc) is 2.35. The summed E-state index contributed by atoms with van der Waals surface area (Å²) in [6.07, 6.45) is 1.75. The van der Waals surface area contributed by atoms with Crippen molar-refractivity contribution >= 4 is 37.7 Å². The minimum Gasteiger partial charge on any atom is -0.373 e. The summed E-state index contributed by atoms with van der Waals surface area (Å²) in [5.74, 6) is 0.787. The van der Waals surface area contributed by atoms with Gasteiger partial charge in [0.2, 0.25) is 0 Å². The van der Waals surface area contributed by atoms with E-state index < -0.39 is 0 Å². The zero-order valence-corrected chi connectivity index (χ0v) is 12.8. The summed E-state index contributed by atoms with van der Waals surface area (Å²) in [6, 6.07) is 7.41. The highest BCUT2D eigenvalue weighted by Crippen LogP contribution is 2.13. The Hall–Kier alpha value is -1.14. The summed E-state index contributed by atoms with van der Waals surface area (Å²) < 4.78 is 2.98. The van der Waals surface area contributed by atoms with Crippen LogP contribution in [-0.2, 0) is 6.54 Å². The standard InChI is InChI=1S/C12H11Br2N3O/c1-15-11-4-2-3-9(16-11)7-17-6-8(13)5-10(14)12(17)18/h2-6H,7H2,1H3,(H,15,16). The Labute approximate surface area is 121 Å². The Morgan fingerprint density at radius 3 is 2.89 bits per heavy atom. The number of pyridine rings is 2. The molecule has 4 nitrogen and oxygen atoms in total. The van der Waals surface area contributed by atoms with E-state index in [0.717, 1.165) is 16.0 Å². The molecule has 0 bridgehead atoms. The molecule has 18 heavy (non-hydrogen) atoms. The fraction of sp³-hybridized carbons (Fsp3) is 0.167. The monoisotopic (exact) mass is 371 g/mol. The van der Waals surface area contributed by atoms with Gasteiger partial charge in [-0.25, -0.2) is 4.98 Å². The normalized spacial score (nSPS) is 10.4. The average molecular weight is 373 g/mol. The Bertz CT molecular complexity index is 625. The van der Waals surface area contributed by atoms with Crippen LogP contribution in [0.1, 0.15) is 5.69 Å². The third-order valence-electron chi connectivity index (χ3n) is 2.40. The maximum atomic E-state index is 11.9. The van der Waals surface area contributed by atoms with Gasteiger partial charge in [-0.15, -0.1) is 0 Å². The van der Waals surface area contributed by atoms with Gasteiger partial charge >= 0.3 is 0 Å². The minimum atomic E-state index is -0.0742. The second-order valence-electron chi connectivity index (χ2n) is 3.70. The molecule has 0 amide bonds. The maximum absolute atomic E-state index is 11.9. The van der Waals surface area contributed by atoms with Crippen LogP contribution >= 0.6 is 31.9 Å². The van der Waals surface area contributed by atoms with Crippen LogP contribution in [-0.4, -0.2) is 16.6 Å². The third-order valence-corrected chi connectivity index (χ3v) is 3.41. The summed E-state index contributed by atoms with van der Waals surface area (Å²) in [5.41, 5.74) is 0.754. The molecule has 2 aromatic rings. The molecular formula is C12H11Br2N3O. The molecule has 94 valence electrons. The Morgan fingerprint density at radius 1 is 1.39 bits per heavy atom. The molecule has 0 aliphatic rings. The van der Waals surface area contributed by atoms with E-state index in [0.29, 0.717) is 11.0 Å². The number of aromatic nitrogens is 2. The van der Waals surface area contributed by atoms with Gasteiger partial charge in [-0.3, -0.25) is 4.79 Å². The molecule has 0 atom stereocenters. The first-order chi connectivity index (χ1) is 8.60. The number of halogens is 2. The number of hydrogen-bond acceptors (Lipinski definition) is 3. The van der Waals surface area contributed by atoms with Crippen molar-refractivity contribution in [3.63, 3.8) is 0 Å². The Balaban J connectivity index is 2.36. The SMILES string of the molecule is CNc1cccc(Cn2cc(Br)cc(Br)c2=O)n1. The van der Waals surface area contributed by atoms with Crippen LogP contribution in [0.25, 0.3) is 0 Å². The van der Waals surface area contributed by atoms with Gasteiger partial charge in [0, 0.05) is 17.7 Å². The predicted molar refractivity (Wildman–Crippen MR) is 79.0 cm³/mol. The zero-order valence-electron chi connectivity index (χ0n) is 9.65. The first-order valence-corrected chi connectivity index (χ1v) is 6.88. The van der Waals surface area contributed by atoms with Crippen LogP contribution in [0.2, 0.25) is 0 Å². The number of hydrogen-bond donors (Lipinski definition) is 1. The molecule has 2 aromatic heterocycles. The highest BCUT2D eigenvalue weighted by Gasteiger charge is 2.05. The summed E-state index contributed by atoms with van der Waals surface area (Å²) in [7, 11) is 1.81. The van der Waals surface area contributed by atoms with Crippen LogP contribution in [0, 0.1) is 0 Å². The Morgan fingerprint density at radius 2 is 2.17 bits per heavy atom. The lowest BCUT2D eigenvalue weighted by atomic mass is 10.3. The highest BCUT2D eigenvalue weighted by molar-refractivity contribution is 9.11. The first-order valence-electron chi connectivity index (χ1n) is 5.29. The van der Waals surface area contributed by atoms with Crippen LogP contribution in [0.15, 0.2) is 44.2 Å². The summed E-state index contributed by atoms with van der Waals surface area (Å²) in [6.45, 7) is 0.437. The molecule has 0 aliphatic heterocycles. The van der Waals surface area contributed by atoms with Crippen molar-refractivity contribution in [2.24, 2.45) is 0 Å². The van der Waals surface area contributed by atoms with Crippen molar-refractivity contribution in [1.29, 1.82) is 0 Å². The molecule has 1 N–H and O–H groups in total. The van der Waals surface area contributed by atoms with E-state index in [1.165, 1.54) is 0 Å². The van der Waals surface area contributed by atoms with E-state index in [2.05, 4.69) is 42.2 Å². The van der Waals surface area contributed by atoms with Gasteiger partial charge < -0.3 is 9.88 Å². The fourth-order valence-electron chi connectivity index (χ4n) is 1.56. The largest absolute Gasteiger partial charge is 0.373 e. The molecule has 0 aliphatic carbocycles. The molecular weight excluding hydrogens is 362 g/mol. The van der Waals surface area contributed by atoms with Crippen molar-refractivity contribution in [3.8, 4) is 0 Å². The van der Waals surface area contributed by atoms with E-state index in [4.69, 9.17) is 0 Å². The number of anilines is 1. The van der Waals surface area contributed by atoms with Crippen LogP contribution in [0.4, 0.5) is 5.82 Å². The first kappa shape index (κ1) is 13.3. The van der Waals surface area contributed by atoms with Crippen molar-refractivity contribution in [2.75, 3.05) is 12.4 Å². The van der Waals surface area contributed by atoms with Crippen LogP contribution in [0.3, 0.4) is 0 Å². The minimum absolute atomic E-state index is 0.0742. The fourth-order valence-corrected chi connectivity index (χ4v) is 2.82. The molecule has 2 heterocycles. The van der Waals surface area contributed by atoms with Gasteiger partial charge in [-0.2, -0.15) is 0 Å². The summed E-state index contributed by atoms with van der Waals surface area (Å²) in [5, 5.41) is 2.97. The molecule has 0 aromatic carbocycles. The number of nitrogens with one attached hydrogen (secondary N) is 1.